The average Bonchev–Trinajstić information content (AvgIpc) is 2.64. The smallest absolute Gasteiger partial charge is 0.361 e. The minimum absolute atomic E-state index is 0.00538. The number of piperidine rings is 1. The number of halogens is 5. The molecule has 0 atom stereocenters. The molecule has 0 radical (unpaired) electrons. The van der Waals surface area contributed by atoms with Gasteiger partial charge in [0.15, 0.2) is 11.6 Å². The van der Waals surface area contributed by atoms with Crippen LogP contribution in [0.5, 0.6) is 0 Å². The molecule has 1 heterocycles. The average molecular weight is 409 g/mol. The van der Waals surface area contributed by atoms with E-state index in [1.807, 2.05) is 0 Å². The highest BCUT2D eigenvalue weighted by atomic mass is 19.4. The number of nitrogens with zero attached hydrogens (tertiary/aromatic N) is 2. The molecule has 0 aromatic heterocycles. The lowest BCUT2D eigenvalue weighted by Crippen LogP contribution is -2.51. The minimum Gasteiger partial charge on any atom is -0.361 e. The predicted molar refractivity (Wildman–Crippen MR) is 87.7 cm³/mol. The molecule has 1 aliphatic heterocycles. The van der Waals surface area contributed by atoms with Gasteiger partial charge < -0.3 is 15.1 Å². The maximum atomic E-state index is 13.2. The molecule has 1 N–H and O–H groups in total. The van der Waals surface area contributed by atoms with Gasteiger partial charge in [-0.25, -0.2) is 18.4 Å². The second-order valence-electron chi connectivity index (χ2n) is 6.23. The Bertz CT molecular complexity index is 706. The van der Waals surface area contributed by atoms with E-state index < -0.39 is 29.8 Å². The molecular weight excluding hydrogens is 389 g/mol. The predicted octanol–water partition coefficient (Wildman–Crippen LogP) is 2.98. The maximum absolute atomic E-state index is 13.2. The second kappa shape index (κ2) is 9.18. The number of carbonyl (C=O) groups is 2. The fourth-order valence-electron chi connectivity index (χ4n) is 2.91. The summed E-state index contributed by atoms with van der Waals surface area (Å²) in [5, 5.41) is 3.54. The van der Waals surface area contributed by atoms with Crippen molar-refractivity contribution in [2.45, 2.75) is 38.5 Å². The van der Waals surface area contributed by atoms with Crippen molar-refractivity contribution >= 4 is 12.0 Å². The second-order valence-corrected chi connectivity index (χ2v) is 6.23. The summed E-state index contributed by atoms with van der Waals surface area (Å²) in [6, 6.07) is 2.61. The molecule has 1 saturated heterocycles. The van der Waals surface area contributed by atoms with Gasteiger partial charge in [-0.15, -0.1) is 5.06 Å². The molecule has 0 spiro atoms. The van der Waals surface area contributed by atoms with Gasteiger partial charge in [0.1, 0.15) is 0 Å². The first-order valence-corrected chi connectivity index (χ1v) is 8.64. The van der Waals surface area contributed by atoms with E-state index in [1.165, 1.54) is 11.0 Å². The van der Waals surface area contributed by atoms with Crippen molar-refractivity contribution in [1.29, 1.82) is 0 Å². The molecule has 0 aliphatic carbocycles. The molecule has 0 bridgehead atoms. The van der Waals surface area contributed by atoms with E-state index >= 15 is 0 Å². The fourth-order valence-corrected chi connectivity index (χ4v) is 2.91. The lowest BCUT2D eigenvalue weighted by molar-refractivity contribution is -0.242. The van der Waals surface area contributed by atoms with Crippen LogP contribution in [0.25, 0.3) is 0 Å². The Kier molecular flexibility index (Phi) is 7.17. The molecule has 1 aromatic carbocycles. The van der Waals surface area contributed by atoms with Crippen molar-refractivity contribution in [2.75, 3.05) is 19.6 Å². The van der Waals surface area contributed by atoms with E-state index in [4.69, 9.17) is 0 Å². The molecule has 0 unspecified atom stereocenters. The number of urea groups is 1. The van der Waals surface area contributed by atoms with E-state index in [2.05, 4.69) is 10.2 Å². The van der Waals surface area contributed by atoms with Crippen molar-refractivity contribution in [2.24, 2.45) is 0 Å². The van der Waals surface area contributed by atoms with Crippen LogP contribution in [0, 0.1) is 11.6 Å². The highest BCUT2D eigenvalue weighted by Crippen LogP contribution is 2.21. The summed E-state index contributed by atoms with van der Waals surface area (Å²) in [6.07, 6.45) is -4.43. The van der Waals surface area contributed by atoms with Crippen molar-refractivity contribution in [3.05, 3.63) is 35.4 Å². The highest BCUT2D eigenvalue weighted by Gasteiger charge is 2.43. The van der Waals surface area contributed by atoms with Gasteiger partial charge in [-0.05, 0) is 37.5 Å². The molecule has 2 amide bonds. The molecule has 2 rings (SSSR count). The van der Waals surface area contributed by atoms with E-state index in [0.29, 0.717) is 24.9 Å². The van der Waals surface area contributed by atoms with E-state index in [-0.39, 0.29) is 25.7 Å². The van der Waals surface area contributed by atoms with Crippen LogP contribution in [0.2, 0.25) is 0 Å². The summed E-state index contributed by atoms with van der Waals surface area (Å²) in [5.74, 6) is -4.27. The van der Waals surface area contributed by atoms with Crippen LogP contribution >= 0.6 is 0 Å². The van der Waals surface area contributed by atoms with Gasteiger partial charge in [0.05, 0.1) is 0 Å². The zero-order chi connectivity index (χ0) is 20.9. The number of amides is 2. The normalized spacial score (nSPS) is 15.9. The Labute approximate surface area is 158 Å². The largest absolute Gasteiger partial charge is 0.492 e. The van der Waals surface area contributed by atoms with Gasteiger partial charge in [0.2, 0.25) is 0 Å². The molecule has 1 aromatic rings. The maximum Gasteiger partial charge on any atom is 0.492 e. The van der Waals surface area contributed by atoms with Crippen molar-refractivity contribution in [1.82, 2.24) is 15.3 Å². The summed E-state index contributed by atoms with van der Waals surface area (Å²) in [6.45, 7) is 2.19. The number of hydrogen-bond acceptors (Lipinski definition) is 4. The molecule has 6 nitrogen and oxygen atoms in total. The Morgan fingerprint density at radius 3 is 2.39 bits per heavy atom. The van der Waals surface area contributed by atoms with E-state index in [0.717, 1.165) is 17.2 Å². The van der Waals surface area contributed by atoms with Crippen LogP contribution in [0.3, 0.4) is 0 Å². The quantitative estimate of drug-likeness (QED) is 0.760. The lowest BCUT2D eigenvalue weighted by atomic mass is 10.0. The van der Waals surface area contributed by atoms with Gasteiger partial charge in [-0.2, -0.15) is 13.2 Å². The third-order valence-corrected chi connectivity index (χ3v) is 4.34. The van der Waals surface area contributed by atoms with E-state index in [9.17, 15) is 31.5 Å². The summed E-state index contributed by atoms with van der Waals surface area (Å²) < 4.78 is 62.8. The molecule has 0 saturated carbocycles. The number of alkyl halides is 3. The fraction of sp³-hybridized carbons (Fsp3) is 0.529. The number of hydrogen-bond donors (Lipinski definition) is 1. The number of hydroxylamine groups is 2. The lowest BCUT2D eigenvalue weighted by Gasteiger charge is -2.37. The summed E-state index contributed by atoms with van der Waals surface area (Å²) in [5.41, 5.74) is 0.386. The number of carbonyl (C=O) groups excluding carboxylic acids is 2. The van der Waals surface area contributed by atoms with Crippen LogP contribution < -0.4 is 5.32 Å². The number of rotatable bonds is 5. The zero-order valence-electron chi connectivity index (χ0n) is 15.1. The monoisotopic (exact) mass is 409 g/mol. The van der Waals surface area contributed by atoms with Crippen molar-refractivity contribution in [3.63, 3.8) is 0 Å². The Balaban J connectivity index is 1.85. The Morgan fingerprint density at radius 1 is 1.21 bits per heavy atom. The molecule has 11 heteroatoms. The SMILES string of the molecule is CCN(C(=O)NCc1ccc(F)c(F)c1)C1CCN(OC(=O)C(F)(F)F)CC1. The van der Waals surface area contributed by atoms with Crippen LogP contribution in [0.1, 0.15) is 25.3 Å². The van der Waals surface area contributed by atoms with Crippen LogP contribution in [-0.2, 0) is 16.2 Å². The summed E-state index contributed by atoms with van der Waals surface area (Å²) in [7, 11) is 0. The Hall–Kier alpha value is -2.43. The highest BCUT2D eigenvalue weighted by molar-refractivity contribution is 5.75. The van der Waals surface area contributed by atoms with Crippen molar-refractivity contribution in [3.8, 4) is 0 Å². The standard InChI is InChI=1S/C17H20F5N3O3/c1-2-25(16(27)23-10-11-3-4-13(18)14(19)9-11)12-5-7-24(8-6-12)28-15(26)17(20,21)22/h3-4,9,12H,2,5-8,10H2,1H3,(H,23,27). The van der Waals surface area contributed by atoms with Crippen molar-refractivity contribution < 1.29 is 36.4 Å². The summed E-state index contributed by atoms with van der Waals surface area (Å²) >= 11 is 0. The molecule has 1 fully saturated rings. The molecule has 28 heavy (non-hydrogen) atoms. The number of benzene rings is 1. The van der Waals surface area contributed by atoms with E-state index in [1.54, 1.807) is 6.92 Å². The van der Waals surface area contributed by atoms with Gasteiger partial charge >= 0.3 is 18.2 Å². The minimum atomic E-state index is -5.06. The molecule has 1 aliphatic rings. The third kappa shape index (κ3) is 5.78. The van der Waals surface area contributed by atoms with Gasteiger partial charge in [-0.1, -0.05) is 6.07 Å². The number of nitrogens with one attached hydrogen (secondary N) is 1. The third-order valence-electron chi connectivity index (χ3n) is 4.34. The van der Waals surface area contributed by atoms with Gasteiger partial charge in [0, 0.05) is 32.2 Å². The van der Waals surface area contributed by atoms with Gasteiger partial charge in [-0.3, -0.25) is 0 Å². The van der Waals surface area contributed by atoms with Crippen LogP contribution in [-0.4, -0.2) is 53.8 Å². The topological polar surface area (TPSA) is 61.9 Å². The first-order chi connectivity index (χ1) is 13.1. The molecule has 156 valence electrons. The van der Waals surface area contributed by atoms with Crippen LogP contribution in [0.15, 0.2) is 18.2 Å². The van der Waals surface area contributed by atoms with Crippen LogP contribution in [0.4, 0.5) is 26.7 Å². The Morgan fingerprint density at radius 2 is 1.86 bits per heavy atom. The molecular formula is C17H20F5N3O3. The first kappa shape index (κ1) is 21.9. The van der Waals surface area contributed by atoms with Gasteiger partial charge in [0.25, 0.3) is 0 Å². The zero-order valence-corrected chi connectivity index (χ0v) is 15.1. The summed E-state index contributed by atoms with van der Waals surface area (Å²) in [4.78, 5) is 29.0. The first-order valence-electron chi connectivity index (χ1n) is 8.64.